The molecule has 4 nitrogen and oxygen atoms in total. The van der Waals surface area contributed by atoms with Crippen molar-refractivity contribution in [1.82, 2.24) is 0 Å². The van der Waals surface area contributed by atoms with Crippen LogP contribution in [0.5, 0.6) is 5.75 Å². The fourth-order valence-electron chi connectivity index (χ4n) is 1.02. The average Bonchev–Trinajstić information content (AvgIpc) is 2.18. The zero-order valence-electron chi connectivity index (χ0n) is 8.78. The van der Waals surface area contributed by atoms with Crippen LogP contribution in [0.15, 0.2) is 24.3 Å². The van der Waals surface area contributed by atoms with Crippen LogP contribution in [-0.2, 0) is 4.79 Å². The Kier molecular flexibility index (Phi) is 4.89. The number of carbonyl (C=O) groups excluding carboxylic acids is 1. The molecule has 94 valence electrons. The number of hydrogen-bond donors (Lipinski definition) is 2. The van der Waals surface area contributed by atoms with Crippen molar-refractivity contribution >= 4 is 46.4 Å². The predicted molar refractivity (Wildman–Crippen MR) is 67.7 cm³/mol. The second-order valence-electron chi connectivity index (χ2n) is 3.22. The molecule has 0 radical (unpaired) electrons. The van der Waals surface area contributed by atoms with Gasteiger partial charge in [-0.2, -0.15) is 0 Å². The van der Waals surface area contributed by atoms with Crippen LogP contribution >= 0.6 is 34.8 Å². The molecule has 1 amide bonds. The van der Waals surface area contributed by atoms with Crippen molar-refractivity contribution in [3.63, 3.8) is 0 Å². The normalized spacial score (nSPS) is 13.0. The van der Waals surface area contributed by atoms with E-state index < -0.39 is 10.1 Å². The van der Waals surface area contributed by atoms with Crippen LogP contribution in [0.3, 0.4) is 0 Å². The molecule has 2 N–H and O–H groups in total. The van der Waals surface area contributed by atoms with E-state index in [-0.39, 0.29) is 5.91 Å². The summed E-state index contributed by atoms with van der Waals surface area (Å²) in [5, 5.41) is 11.9. The SMILES string of the molecule is CC(=O)Nc1ccc(O[C@@H](O)C(Cl)(Cl)Cl)cc1. The van der Waals surface area contributed by atoms with Crippen molar-refractivity contribution in [2.45, 2.75) is 17.0 Å². The molecule has 7 heteroatoms. The number of aliphatic hydroxyl groups excluding tert-OH is 1. The molecule has 0 aliphatic carbocycles. The number of carbonyl (C=O) groups is 1. The summed E-state index contributed by atoms with van der Waals surface area (Å²) in [5.41, 5.74) is 0.605. The summed E-state index contributed by atoms with van der Waals surface area (Å²) in [6.45, 7) is 1.40. The van der Waals surface area contributed by atoms with Gasteiger partial charge in [-0.1, -0.05) is 34.8 Å². The van der Waals surface area contributed by atoms with Gasteiger partial charge in [-0.25, -0.2) is 0 Å². The van der Waals surface area contributed by atoms with Gasteiger partial charge in [0.15, 0.2) is 0 Å². The zero-order chi connectivity index (χ0) is 13.1. The first-order valence-electron chi connectivity index (χ1n) is 4.58. The Morgan fingerprint density at radius 2 is 1.88 bits per heavy atom. The van der Waals surface area contributed by atoms with Crippen molar-refractivity contribution in [3.05, 3.63) is 24.3 Å². The molecule has 1 rings (SSSR count). The molecule has 0 fully saturated rings. The topological polar surface area (TPSA) is 58.6 Å². The van der Waals surface area contributed by atoms with E-state index in [0.717, 1.165) is 0 Å². The highest BCUT2D eigenvalue weighted by molar-refractivity contribution is 6.67. The molecule has 17 heavy (non-hydrogen) atoms. The third-order valence-corrected chi connectivity index (χ3v) is 2.26. The number of ether oxygens (including phenoxy) is 1. The van der Waals surface area contributed by atoms with Gasteiger partial charge in [0.25, 0.3) is 3.79 Å². The van der Waals surface area contributed by atoms with Crippen LogP contribution < -0.4 is 10.1 Å². The van der Waals surface area contributed by atoms with Crippen molar-refractivity contribution in [2.24, 2.45) is 0 Å². The monoisotopic (exact) mass is 297 g/mol. The van der Waals surface area contributed by atoms with Gasteiger partial charge in [0.2, 0.25) is 12.2 Å². The van der Waals surface area contributed by atoms with Crippen molar-refractivity contribution in [3.8, 4) is 5.75 Å². The Labute approximate surface area is 113 Å². The second-order valence-corrected chi connectivity index (χ2v) is 5.59. The van der Waals surface area contributed by atoms with Crippen LogP contribution in [0.25, 0.3) is 0 Å². The number of aliphatic hydroxyl groups is 1. The molecule has 1 aromatic carbocycles. The highest BCUT2D eigenvalue weighted by Crippen LogP contribution is 2.31. The van der Waals surface area contributed by atoms with E-state index in [0.29, 0.717) is 11.4 Å². The molecular weight excluding hydrogens is 288 g/mol. The molecule has 1 atom stereocenters. The molecular formula is C10H10Cl3NO3. The summed E-state index contributed by atoms with van der Waals surface area (Å²) in [7, 11) is 0. The number of nitrogens with one attached hydrogen (secondary N) is 1. The summed E-state index contributed by atoms with van der Waals surface area (Å²) in [5.74, 6) is 0.137. The van der Waals surface area contributed by atoms with Crippen LogP contribution in [0.1, 0.15) is 6.92 Å². The number of benzene rings is 1. The van der Waals surface area contributed by atoms with Gasteiger partial charge in [-0.3, -0.25) is 4.79 Å². The maximum atomic E-state index is 10.8. The lowest BCUT2D eigenvalue weighted by Crippen LogP contribution is -2.31. The van der Waals surface area contributed by atoms with Crippen LogP contribution in [-0.4, -0.2) is 21.1 Å². The maximum absolute atomic E-state index is 10.8. The number of rotatable bonds is 3. The van der Waals surface area contributed by atoms with E-state index in [4.69, 9.17) is 39.5 Å². The molecule has 0 bridgehead atoms. The predicted octanol–water partition coefficient (Wildman–Crippen LogP) is 2.71. The first-order valence-corrected chi connectivity index (χ1v) is 5.71. The van der Waals surface area contributed by atoms with Gasteiger partial charge in [-0.05, 0) is 24.3 Å². The zero-order valence-corrected chi connectivity index (χ0v) is 11.1. The first-order chi connectivity index (χ1) is 7.79. The van der Waals surface area contributed by atoms with Crippen molar-refractivity contribution in [2.75, 3.05) is 5.32 Å². The Hall–Kier alpha value is -0.680. The van der Waals surface area contributed by atoms with E-state index in [2.05, 4.69) is 5.32 Å². The lowest BCUT2D eigenvalue weighted by molar-refractivity contribution is -0.114. The fourth-order valence-corrected chi connectivity index (χ4v) is 1.15. The van der Waals surface area contributed by atoms with Crippen LogP contribution in [0.2, 0.25) is 0 Å². The second kappa shape index (κ2) is 5.78. The first kappa shape index (κ1) is 14.4. The van der Waals surface area contributed by atoms with Gasteiger partial charge in [0, 0.05) is 12.6 Å². The van der Waals surface area contributed by atoms with Gasteiger partial charge < -0.3 is 15.2 Å². The highest BCUT2D eigenvalue weighted by atomic mass is 35.6. The minimum atomic E-state index is -1.92. The smallest absolute Gasteiger partial charge is 0.252 e. The number of alkyl halides is 3. The van der Waals surface area contributed by atoms with E-state index in [9.17, 15) is 9.90 Å². The molecule has 0 aromatic heterocycles. The molecule has 0 saturated heterocycles. The molecule has 0 aliphatic rings. The molecule has 0 spiro atoms. The minimum absolute atomic E-state index is 0.181. The fraction of sp³-hybridized carbons (Fsp3) is 0.300. The molecule has 0 saturated carbocycles. The molecule has 0 unspecified atom stereocenters. The summed E-state index contributed by atoms with van der Waals surface area (Å²) >= 11 is 16.3. The van der Waals surface area contributed by atoms with Gasteiger partial charge in [0.1, 0.15) is 5.75 Å². The highest BCUT2D eigenvalue weighted by Gasteiger charge is 2.32. The number of amides is 1. The molecule has 0 heterocycles. The third-order valence-electron chi connectivity index (χ3n) is 1.70. The Bertz CT molecular complexity index is 389. The lowest BCUT2D eigenvalue weighted by atomic mass is 10.3. The quantitative estimate of drug-likeness (QED) is 0.666. The number of anilines is 1. The average molecular weight is 299 g/mol. The molecule has 1 aromatic rings. The number of hydrogen-bond acceptors (Lipinski definition) is 3. The van der Waals surface area contributed by atoms with E-state index >= 15 is 0 Å². The van der Waals surface area contributed by atoms with Gasteiger partial charge in [0.05, 0.1) is 0 Å². The van der Waals surface area contributed by atoms with E-state index in [1.165, 1.54) is 19.1 Å². The van der Waals surface area contributed by atoms with E-state index in [1.54, 1.807) is 12.1 Å². The summed E-state index contributed by atoms with van der Waals surface area (Å²) in [6.07, 6.45) is -1.57. The Morgan fingerprint density at radius 3 is 2.29 bits per heavy atom. The van der Waals surface area contributed by atoms with Crippen LogP contribution in [0.4, 0.5) is 5.69 Å². The third kappa shape index (κ3) is 5.00. The van der Waals surface area contributed by atoms with Crippen molar-refractivity contribution < 1.29 is 14.6 Å². The van der Waals surface area contributed by atoms with Crippen LogP contribution in [0, 0.1) is 0 Å². The number of halogens is 3. The Morgan fingerprint density at radius 1 is 1.35 bits per heavy atom. The summed E-state index contributed by atoms with van der Waals surface area (Å²) < 4.78 is 3.07. The van der Waals surface area contributed by atoms with Gasteiger partial charge in [-0.15, -0.1) is 0 Å². The maximum Gasteiger partial charge on any atom is 0.252 e. The lowest BCUT2D eigenvalue weighted by Gasteiger charge is -2.20. The summed E-state index contributed by atoms with van der Waals surface area (Å²) in [4.78, 5) is 10.8. The largest absolute Gasteiger partial charge is 0.460 e. The minimum Gasteiger partial charge on any atom is -0.460 e. The summed E-state index contributed by atoms with van der Waals surface area (Å²) in [6, 6.07) is 6.26. The van der Waals surface area contributed by atoms with Gasteiger partial charge >= 0.3 is 0 Å². The standard InChI is InChI=1S/C10H10Cl3NO3/c1-6(15)14-7-2-4-8(5-3-7)17-9(16)10(11,12)13/h2-5,9,16H,1H3,(H,14,15)/t9-/m1/s1. The van der Waals surface area contributed by atoms with Crippen molar-refractivity contribution in [1.29, 1.82) is 0 Å². The Balaban J connectivity index is 2.65. The van der Waals surface area contributed by atoms with E-state index in [1.807, 2.05) is 0 Å². The molecule has 0 aliphatic heterocycles.